The van der Waals surface area contributed by atoms with Gasteiger partial charge < -0.3 is 14.2 Å². The Labute approximate surface area is 514 Å². The van der Waals surface area contributed by atoms with E-state index in [1.807, 2.05) is 0 Å². The predicted molar refractivity (Wildman–Crippen MR) is 362 cm³/mol. The van der Waals surface area contributed by atoms with Crippen LogP contribution in [0.15, 0.2) is 109 Å². The highest BCUT2D eigenvalue weighted by Gasteiger charge is 2.19. The van der Waals surface area contributed by atoms with Gasteiger partial charge in [-0.15, -0.1) is 0 Å². The number of carbonyl (C=O) groups excluding carboxylic acids is 3. The lowest BCUT2D eigenvalue weighted by atomic mass is 10.1. The van der Waals surface area contributed by atoms with Gasteiger partial charge in [-0.05, 0) is 128 Å². The summed E-state index contributed by atoms with van der Waals surface area (Å²) >= 11 is 0. The molecule has 1 unspecified atom stereocenters. The zero-order valence-electron chi connectivity index (χ0n) is 54.7. The van der Waals surface area contributed by atoms with Crippen molar-refractivity contribution in [2.24, 2.45) is 0 Å². The quantitative estimate of drug-likeness (QED) is 0.0261. The van der Waals surface area contributed by atoms with Crippen molar-refractivity contribution in [2.75, 3.05) is 13.2 Å². The van der Waals surface area contributed by atoms with Crippen molar-refractivity contribution in [1.29, 1.82) is 0 Å². The van der Waals surface area contributed by atoms with Gasteiger partial charge in [0.1, 0.15) is 13.2 Å². The summed E-state index contributed by atoms with van der Waals surface area (Å²) in [5.41, 5.74) is 0. The van der Waals surface area contributed by atoms with E-state index < -0.39 is 6.10 Å². The standard InChI is InChI=1S/C77H132O6/c1-4-7-10-13-16-19-22-25-28-31-33-35-36-37-38-39-40-42-43-46-49-52-55-58-61-64-67-70-76(79)82-73-74(72-81-75(78)69-66-63-60-57-54-51-48-45-30-27-24-21-18-15-12-9-6-3)83-77(80)71-68-65-62-59-56-53-50-47-44-41-34-32-29-26-23-20-17-14-11-8-5-2/h7,10,16,19,25,27-28,30,32-35,37-38,40,42,46,49,74H,4-6,8-9,11-15,17-18,20-24,26,29,31,36,39,41,43-45,47-48,50-73H2,1-3H3/b10-7-,19-16-,28-25-,30-27-,34-32-,35-33-,38-37-,42-40-,49-46-. The summed E-state index contributed by atoms with van der Waals surface area (Å²) in [6.45, 7) is 6.54. The van der Waals surface area contributed by atoms with Gasteiger partial charge in [0.25, 0.3) is 0 Å². The van der Waals surface area contributed by atoms with E-state index in [2.05, 4.69) is 130 Å². The molecule has 83 heavy (non-hydrogen) atoms. The molecule has 0 aliphatic rings. The van der Waals surface area contributed by atoms with Crippen LogP contribution in [-0.2, 0) is 28.6 Å². The van der Waals surface area contributed by atoms with Gasteiger partial charge in [0.15, 0.2) is 6.10 Å². The molecule has 0 radical (unpaired) electrons. The molecule has 0 saturated carbocycles. The summed E-state index contributed by atoms with van der Waals surface area (Å²) in [4.78, 5) is 38.5. The van der Waals surface area contributed by atoms with E-state index in [1.165, 1.54) is 180 Å². The van der Waals surface area contributed by atoms with Crippen LogP contribution in [0.2, 0.25) is 0 Å². The zero-order valence-corrected chi connectivity index (χ0v) is 54.7. The second-order valence-corrected chi connectivity index (χ2v) is 23.4. The molecule has 0 rings (SSSR count). The van der Waals surface area contributed by atoms with Crippen molar-refractivity contribution in [3.63, 3.8) is 0 Å². The smallest absolute Gasteiger partial charge is 0.306 e. The molecule has 0 bridgehead atoms. The first-order valence-electron chi connectivity index (χ1n) is 35.4. The maximum atomic E-state index is 13.0. The molecular formula is C77H132O6. The summed E-state index contributed by atoms with van der Waals surface area (Å²) in [7, 11) is 0. The maximum Gasteiger partial charge on any atom is 0.306 e. The molecule has 0 spiro atoms. The molecular weight excluding hydrogens is 1020 g/mol. The third kappa shape index (κ3) is 68.7. The molecule has 6 nitrogen and oxygen atoms in total. The zero-order chi connectivity index (χ0) is 59.9. The fraction of sp³-hybridized carbons (Fsp3) is 0.727. The molecule has 0 aliphatic carbocycles. The minimum Gasteiger partial charge on any atom is -0.462 e. The number of rotatable bonds is 64. The number of hydrogen-bond acceptors (Lipinski definition) is 6. The number of unbranched alkanes of at least 4 members (excludes halogenated alkanes) is 35. The summed E-state index contributed by atoms with van der Waals surface area (Å²) in [5.74, 6) is -0.899. The van der Waals surface area contributed by atoms with E-state index in [-0.39, 0.29) is 31.1 Å². The Balaban J connectivity index is 4.41. The Morgan fingerprint density at radius 3 is 0.747 bits per heavy atom. The van der Waals surface area contributed by atoms with Crippen LogP contribution in [0, 0.1) is 0 Å². The first kappa shape index (κ1) is 79.1. The van der Waals surface area contributed by atoms with Crippen LogP contribution < -0.4 is 0 Å². The predicted octanol–water partition coefficient (Wildman–Crippen LogP) is 24.6. The number of esters is 3. The molecule has 0 heterocycles. The molecule has 0 aliphatic heterocycles. The first-order chi connectivity index (χ1) is 41.0. The Hall–Kier alpha value is -3.93. The normalized spacial score (nSPS) is 12.8. The van der Waals surface area contributed by atoms with Crippen LogP contribution in [0.5, 0.6) is 0 Å². The number of ether oxygens (including phenoxy) is 3. The van der Waals surface area contributed by atoms with Gasteiger partial charge >= 0.3 is 17.9 Å². The van der Waals surface area contributed by atoms with E-state index in [1.54, 1.807) is 0 Å². The molecule has 0 saturated heterocycles. The van der Waals surface area contributed by atoms with Gasteiger partial charge in [-0.1, -0.05) is 304 Å². The Bertz CT molecular complexity index is 1660. The van der Waals surface area contributed by atoms with E-state index in [9.17, 15) is 14.4 Å². The number of hydrogen-bond donors (Lipinski definition) is 0. The molecule has 1 atom stereocenters. The molecule has 6 heteroatoms. The van der Waals surface area contributed by atoms with E-state index in [4.69, 9.17) is 14.2 Å². The molecule has 0 aromatic carbocycles. The third-order valence-corrected chi connectivity index (χ3v) is 15.2. The van der Waals surface area contributed by atoms with E-state index in [0.29, 0.717) is 19.3 Å². The van der Waals surface area contributed by atoms with Crippen LogP contribution in [0.25, 0.3) is 0 Å². The second-order valence-electron chi connectivity index (χ2n) is 23.4. The summed E-state index contributed by atoms with van der Waals surface area (Å²) in [6, 6.07) is 0. The Morgan fingerprint density at radius 1 is 0.253 bits per heavy atom. The van der Waals surface area contributed by atoms with Crippen LogP contribution in [0.3, 0.4) is 0 Å². The maximum absolute atomic E-state index is 13.0. The van der Waals surface area contributed by atoms with Gasteiger partial charge in [0.2, 0.25) is 0 Å². The van der Waals surface area contributed by atoms with Crippen LogP contribution in [0.4, 0.5) is 0 Å². The van der Waals surface area contributed by atoms with Gasteiger partial charge in [0.05, 0.1) is 0 Å². The van der Waals surface area contributed by atoms with E-state index in [0.717, 1.165) is 122 Å². The highest BCUT2D eigenvalue weighted by atomic mass is 16.6. The van der Waals surface area contributed by atoms with Crippen LogP contribution >= 0.6 is 0 Å². The van der Waals surface area contributed by atoms with Crippen LogP contribution in [-0.4, -0.2) is 37.2 Å². The molecule has 0 amide bonds. The molecule has 0 aromatic rings. The average Bonchev–Trinajstić information content (AvgIpc) is 3.49. The lowest BCUT2D eigenvalue weighted by Crippen LogP contribution is -2.30. The highest BCUT2D eigenvalue weighted by Crippen LogP contribution is 2.16. The molecule has 0 N–H and O–H groups in total. The third-order valence-electron chi connectivity index (χ3n) is 15.2. The van der Waals surface area contributed by atoms with E-state index >= 15 is 0 Å². The van der Waals surface area contributed by atoms with Crippen LogP contribution in [0.1, 0.15) is 342 Å². The van der Waals surface area contributed by atoms with Crippen molar-refractivity contribution in [2.45, 2.75) is 348 Å². The van der Waals surface area contributed by atoms with Crippen molar-refractivity contribution in [3.05, 3.63) is 109 Å². The highest BCUT2D eigenvalue weighted by molar-refractivity contribution is 5.71. The Morgan fingerprint density at radius 2 is 0.470 bits per heavy atom. The molecule has 476 valence electrons. The Kier molecular flexibility index (Phi) is 67.2. The van der Waals surface area contributed by atoms with Gasteiger partial charge in [-0.3, -0.25) is 14.4 Å². The largest absolute Gasteiger partial charge is 0.462 e. The van der Waals surface area contributed by atoms with Gasteiger partial charge in [-0.25, -0.2) is 0 Å². The van der Waals surface area contributed by atoms with Gasteiger partial charge in [-0.2, -0.15) is 0 Å². The summed E-state index contributed by atoms with van der Waals surface area (Å²) in [6.07, 6.45) is 96.7. The first-order valence-corrected chi connectivity index (χ1v) is 35.4. The summed E-state index contributed by atoms with van der Waals surface area (Å²) in [5, 5.41) is 0. The topological polar surface area (TPSA) is 78.9 Å². The fourth-order valence-corrected chi connectivity index (χ4v) is 9.94. The minimum absolute atomic E-state index is 0.0866. The molecule has 0 aromatic heterocycles. The average molecular weight is 1150 g/mol. The van der Waals surface area contributed by atoms with Crippen molar-refractivity contribution < 1.29 is 28.6 Å². The van der Waals surface area contributed by atoms with Crippen molar-refractivity contribution in [1.82, 2.24) is 0 Å². The van der Waals surface area contributed by atoms with Gasteiger partial charge in [0, 0.05) is 19.3 Å². The fourth-order valence-electron chi connectivity index (χ4n) is 9.94. The lowest BCUT2D eigenvalue weighted by Gasteiger charge is -2.18. The molecule has 0 fully saturated rings. The van der Waals surface area contributed by atoms with Crippen molar-refractivity contribution in [3.8, 4) is 0 Å². The SMILES string of the molecule is CC/C=C\C/C=C\C/C=C\C/C=C\C/C=C\C/C=C\C/C=C\CCCCCCCC(=O)OCC(COC(=O)CCCCCCCCC/C=C\CCCCCCCC)OC(=O)CCCCCCCCCCC/C=C\CCCCCCCCCC. The minimum atomic E-state index is -0.793. The lowest BCUT2D eigenvalue weighted by molar-refractivity contribution is -0.167. The van der Waals surface area contributed by atoms with Crippen molar-refractivity contribution >= 4 is 17.9 Å². The second kappa shape index (κ2) is 70.6. The number of carbonyl (C=O) groups is 3. The summed E-state index contributed by atoms with van der Waals surface area (Å²) < 4.78 is 17.0. The monoisotopic (exact) mass is 1150 g/mol. The number of allylic oxidation sites excluding steroid dienone is 18.